The quantitative estimate of drug-likeness (QED) is 0.660. The molecule has 26 heavy (non-hydrogen) atoms. The van der Waals surface area contributed by atoms with Crippen LogP contribution in [0.5, 0.6) is 0 Å². The molecule has 1 heterocycles. The molecule has 7 nitrogen and oxygen atoms in total. The van der Waals surface area contributed by atoms with Crippen LogP contribution in [0.25, 0.3) is 0 Å². The van der Waals surface area contributed by atoms with E-state index in [-0.39, 0.29) is 18.1 Å². The van der Waals surface area contributed by atoms with Crippen LogP contribution in [0.3, 0.4) is 0 Å². The standard InChI is InChI=1S/C19H22N4O3/c1-15-4-2-6-17(12-15)22-10-8-21(9-11-22)14-19(24)20-16-5-3-7-18(13-16)23(25)26/h2-7,12-13H,8-11,14H2,1H3,(H,20,24). The zero-order valence-corrected chi connectivity index (χ0v) is 14.7. The number of amides is 1. The molecule has 0 saturated carbocycles. The van der Waals surface area contributed by atoms with Gasteiger partial charge >= 0.3 is 0 Å². The lowest BCUT2D eigenvalue weighted by molar-refractivity contribution is -0.384. The van der Waals surface area contributed by atoms with Crippen molar-refractivity contribution in [3.05, 3.63) is 64.2 Å². The fraction of sp³-hybridized carbons (Fsp3) is 0.316. The Balaban J connectivity index is 1.50. The fourth-order valence-corrected chi connectivity index (χ4v) is 3.09. The topological polar surface area (TPSA) is 78.7 Å². The van der Waals surface area contributed by atoms with Gasteiger partial charge in [-0.3, -0.25) is 19.8 Å². The van der Waals surface area contributed by atoms with Crippen LogP contribution < -0.4 is 10.2 Å². The highest BCUT2D eigenvalue weighted by molar-refractivity contribution is 5.92. The molecule has 1 aliphatic heterocycles. The van der Waals surface area contributed by atoms with Gasteiger partial charge in [-0.1, -0.05) is 18.2 Å². The zero-order valence-electron chi connectivity index (χ0n) is 14.7. The minimum atomic E-state index is -0.472. The zero-order chi connectivity index (χ0) is 18.5. The minimum absolute atomic E-state index is 0.0328. The first-order valence-corrected chi connectivity index (χ1v) is 8.59. The number of hydrogen-bond donors (Lipinski definition) is 1. The average molecular weight is 354 g/mol. The van der Waals surface area contributed by atoms with Gasteiger partial charge in [0.1, 0.15) is 0 Å². The van der Waals surface area contributed by atoms with E-state index < -0.39 is 4.92 Å². The van der Waals surface area contributed by atoms with E-state index in [1.165, 1.54) is 23.4 Å². The summed E-state index contributed by atoms with van der Waals surface area (Å²) in [6, 6.07) is 14.4. The van der Waals surface area contributed by atoms with Crippen molar-refractivity contribution >= 4 is 23.0 Å². The normalized spacial score (nSPS) is 14.9. The van der Waals surface area contributed by atoms with Crippen LogP contribution in [0.2, 0.25) is 0 Å². The maximum atomic E-state index is 12.2. The number of nitrogens with one attached hydrogen (secondary N) is 1. The molecule has 1 amide bonds. The largest absolute Gasteiger partial charge is 0.369 e. The van der Waals surface area contributed by atoms with E-state index in [4.69, 9.17) is 0 Å². The Labute approximate surface area is 152 Å². The second kappa shape index (κ2) is 7.97. The van der Waals surface area contributed by atoms with E-state index >= 15 is 0 Å². The molecular weight excluding hydrogens is 332 g/mol. The van der Waals surface area contributed by atoms with Crippen LogP contribution in [0.15, 0.2) is 48.5 Å². The van der Waals surface area contributed by atoms with Gasteiger partial charge in [0.15, 0.2) is 0 Å². The van der Waals surface area contributed by atoms with Gasteiger partial charge in [0.2, 0.25) is 5.91 Å². The summed E-state index contributed by atoms with van der Waals surface area (Å²) in [5, 5.41) is 13.5. The number of carbonyl (C=O) groups is 1. The van der Waals surface area contributed by atoms with E-state index in [0.29, 0.717) is 5.69 Å². The summed E-state index contributed by atoms with van der Waals surface area (Å²) in [6.07, 6.45) is 0. The van der Waals surface area contributed by atoms with Gasteiger partial charge in [-0.2, -0.15) is 0 Å². The van der Waals surface area contributed by atoms with Gasteiger partial charge in [-0.05, 0) is 30.7 Å². The number of piperazine rings is 1. The molecule has 0 spiro atoms. The Morgan fingerprint density at radius 3 is 2.54 bits per heavy atom. The lowest BCUT2D eigenvalue weighted by Gasteiger charge is -2.35. The second-order valence-electron chi connectivity index (χ2n) is 6.46. The maximum absolute atomic E-state index is 12.2. The van der Waals surface area contributed by atoms with Crippen LogP contribution in [0.4, 0.5) is 17.1 Å². The van der Waals surface area contributed by atoms with Crippen LogP contribution in [-0.2, 0) is 4.79 Å². The third kappa shape index (κ3) is 4.58. The summed E-state index contributed by atoms with van der Waals surface area (Å²) < 4.78 is 0. The van der Waals surface area contributed by atoms with Gasteiger partial charge in [-0.15, -0.1) is 0 Å². The molecule has 1 fully saturated rings. The summed E-state index contributed by atoms with van der Waals surface area (Å²) in [5.41, 5.74) is 2.86. The number of nitrogens with zero attached hydrogens (tertiary/aromatic N) is 3. The summed E-state index contributed by atoms with van der Waals surface area (Å²) in [6.45, 7) is 5.70. The van der Waals surface area contributed by atoms with Crippen molar-refractivity contribution in [3.63, 3.8) is 0 Å². The highest BCUT2D eigenvalue weighted by Crippen LogP contribution is 2.19. The molecule has 0 bridgehead atoms. The number of hydrogen-bond acceptors (Lipinski definition) is 5. The number of aryl methyl sites for hydroxylation is 1. The van der Waals surface area contributed by atoms with Crippen LogP contribution >= 0.6 is 0 Å². The van der Waals surface area contributed by atoms with Crippen molar-refractivity contribution in [3.8, 4) is 0 Å². The molecule has 0 unspecified atom stereocenters. The predicted molar refractivity (Wildman–Crippen MR) is 102 cm³/mol. The number of nitro benzene ring substituents is 1. The lowest BCUT2D eigenvalue weighted by Crippen LogP contribution is -2.48. The van der Waals surface area contributed by atoms with Crippen LogP contribution in [0, 0.1) is 17.0 Å². The predicted octanol–water partition coefficient (Wildman–Crippen LogP) is 2.66. The molecule has 0 aliphatic carbocycles. The average Bonchev–Trinajstić information content (AvgIpc) is 2.62. The Bertz CT molecular complexity index is 801. The number of nitro groups is 1. The first kappa shape index (κ1) is 17.9. The number of carbonyl (C=O) groups excluding carboxylic acids is 1. The molecule has 7 heteroatoms. The van der Waals surface area contributed by atoms with E-state index in [0.717, 1.165) is 26.2 Å². The Hall–Kier alpha value is -2.93. The fourth-order valence-electron chi connectivity index (χ4n) is 3.09. The van der Waals surface area contributed by atoms with Crippen molar-refractivity contribution in [2.24, 2.45) is 0 Å². The first-order valence-electron chi connectivity index (χ1n) is 8.59. The summed E-state index contributed by atoms with van der Waals surface area (Å²) in [7, 11) is 0. The van der Waals surface area contributed by atoms with Crippen molar-refractivity contribution in [1.82, 2.24) is 4.90 Å². The summed E-state index contributed by atoms with van der Waals surface area (Å²) in [4.78, 5) is 27.0. The number of benzene rings is 2. The molecule has 0 radical (unpaired) electrons. The van der Waals surface area contributed by atoms with E-state index in [1.54, 1.807) is 12.1 Å². The molecule has 1 saturated heterocycles. The van der Waals surface area contributed by atoms with Gasteiger partial charge < -0.3 is 10.2 Å². The van der Waals surface area contributed by atoms with Crippen molar-refractivity contribution < 1.29 is 9.72 Å². The molecular formula is C19H22N4O3. The molecule has 1 N–H and O–H groups in total. The van der Waals surface area contributed by atoms with E-state index in [1.807, 2.05) is 0 Å². The van der Waals surface area contributed by atoms with Crippen LogP contribution in [-0.4, -0.2) is 48.5 Å². The second-order valence-corrected chi connectivity index (χ2v) is 6.46. The molecule has 2 aromatic carbocycles. The third-order valence-electron chi connectivity index (χ3n) is 4.45. The highest BCUT2D eigenvalue weighted by Gasteiger charge is 2.19. The first-order chi connectivity index (χ1) is 12.5. The lowest BCUT2D eigenvalue weighted by atomic mass is 10.2. The van der Waals surface area contributed by atoms with Gasteiger partial charge in [-0.25, -0.2) is 0 Å². The van der Waals surface area contributed by atoms with Gasteiger partial charge in [0.25, 0.3) is 5.69 Å². The molecule has 0 aromatic heterocycles. The SMILES string of the molecule is Cc1cccc(N2CCN(CC(=O)Nc3cccc([N+](=O)[O-])c3)CC2)c1. The third-order valence-corrected chi connectivity index (χ3v) is 4.45. The highest BCUT2D eigenvalue weighted by atomic mass is 16.6. The number of rotatable bonds is 5. The van der Waals surface area contributed by atoms with Crippen molar-refractivity contribution in [2.45, 2.75) is 6.92 Å². The smallest absolute Gasteiger partial charge is 0.271 e. The molecule has 1 aliphatic rings. The van der Waals surface area contributed by atoms with Crippen molar-refractivity contribution in [2.75, 3.05) is 42.9 Å². The maximum Gasteiger partial charge on any atom is 0.271 e. The summed E-state index contributed by atoms with van der Waals surface area (Å²) >= 11 is 0. The molecule has 2 aromatic rings. The molecule has 136 valence electrons. The monoisotopic (exact) mass is 354 g/mol. The molecule has 0 atom stereocenters. The van der Waals surface area contributed by atoms with Crippen molar-refractivity contribution in [1.29, 1.82) is 0 Å². The van der Waals surface area contributed by atoms with E-state index in [9.17, 15) is 14.9 Å². The van der Waals surface area contributed by atoms with E-state index in [2.05, 4.69) is 46.3 Å². The molecule has 3 rings (SSSR count). The number of anilines is 2. The Kier molecular flexibility index (Phi) is 5.48. The number of non-ortho nitro benzene ring substituents is 1. The summed E-state index contributed by atoms with van der Waals surface area (Å²) in [5.74, 6) is -0.158. The van der Waals surface area contributed by atoms with Crippen LogP contribution in [0.1, 0.15) is 5.56 Å². The van der Waals surface area contributed by atoms with Gasteiger partial charge in [0, 0.05) is 49.7 Å². The Morgan fingerprint density at radius 2 is 1.85 bits per heavy atom. The minimum Gasteiger partial charge on any atom is -0.369 e. The van der Waals surface area contributed by atoms with Gasteiger partial charge in [0.05, 0.1) is 11.5 Å². The Morgan fingerprint density at radius 1 is 1.12 bits per heavy atom.